The number of carbonyl (C=O) groups is 1. The van der Waals surface area contributed by atoms with Gasteiger partial charge in [-0.3, -0.25) is 0 Å². The minimum absolute atomic E-state index is 0.304. The van der Waals surface area contributed by atoms with Gasteiger partial charge in [-0.1, -0.05) is 13.8 Å². The molecule has 6 nitrogen and oxygen atoms in total. The van der Waals surface area contributed by atoms with Crippen molar-refractivity contribution in [1.82, 2.24) is 15.3 Å². The van der Waals surface area contributed by atoms with E-state index in [2.05, 4.69) is 29.1 Å². The summed E-state index contributed by atoms with van der Waals surface area (Å²) in [4.78, 5) is 21.5. The Morgan fingerprint density at radius 3 is 3.00 bits per heavy atom. The quantitative estimate of drug-likeness (QED) is 0.811. The highest BCUT2D eigenvalue weighted by Gasteiger charge is 2.29. The molecule has 0 amide bonds. The van der Waals surface area contributed by atoms with Crippen LogP contribution in [0.15, 0.2) is 12.4 Å². The Kier molecular flexibility index (Phi) is 3.76. The zero-order chi connectivity index (χ0) is 13.1. The molecule has 98 valence electrons. The zero-order valence-corrected chi connectivity index (χ0v) is 10.6. The van der Waals surface area contributed by atoms with Gasteiger partial charge in [0.05, 0.1) is 0 Å². The van der Waals surface area contributed by atoms with Gasteiger partial charge in [0.2, 0.25) is 0 Å². The van der Waals surface area contributed by atoms with Crippen LogP contribution in [0.5, 0.6) is 0 Å². The second-order valence-electron chi connectivity index (χ2n) is 4.71. The third-order valence-corrected chi connectivity index (χ3v) is 3.09. The summed E-state index contributed by atoms with van der Waals surface area (Å²) in [5.74, 6) is 0.174. The monoisotopic (exact) mass is 250 g/mol. The van der Waals surface area contributed by atoms with Crippen LogP contribution < -0.4 is 10.2 Å². The van der Waals surface area contributed by atoms with Crippen LogP contribution in [0.1, 0.15) is 25.5 Å². The van der Waals surface area contributed by atoms with E-state index in [9.17, 15) is 9.90 Å². The smallest absolute Gasteiger partial charge is 0.327 e. The molecular formula is C12H18N4O2. The fraction of sp³-hybridized carbons (Fsp3) is 0.583. The van der Waals surface area contributed by atoms with Crippen molar-refractivity contribution in [2.45, 2.75) is 25.8 Å². The van der Waals surface area contributed by atoms with Crippen molar-refractivity contribution in [2.24, 2.45) is 0 Å². The summed E-state index contributed by atoms with van der Waals surface area (Å²) in [5.41, 5.74) is 0.933. The molecule has 0 aliphatic carbocycles. The maximum absolute atomic E-state index is 11.2. The number of piperazine rings is 1. The van der Waals surface area contributed by atoms with Crippen molar-refractivity contribution in [1.29, 1.82) is 0 Å². The van der Waals surface area contributed by atoms with Crippen molar-refractivity contribution in [3.63, 3.8) is 0 Å². The number of anilines is 1. The summed E-state index contributed by atoms with van der Waals surface area (Å²) in [5, 5.41) is 12.3. The molecule has 2 N–H and O–H groups in total. The van der Waals surface area contributed by atoms with E-state index in [1.165, 1.54) is 6.33 Å². The third-order valence-electron chi connectivity index (χ3n) is 3.09. The number of hydrogen-bond acceptors (Lipinski definition) is 5. The number of nitrogens with one attached hydrogen (secondary N) is 1. The lowest BCUT2D eigenvalue weighted by Gasteiger charge is -2.34. The molecule has 0 radical (unpaired) electrons. The lowest BCUT2D eigenvalue weighted by molar-refractivity contribution is -0.138. The highest BCUT2D eigenvalue weighted by atomic mass is 16.4. The molecule has 1 saturated heterocycles. The van der Waals surface area contributed by atoms with Crippen molar-refractivity contribution in [2.75, 3.05) is 24.5 Å². The Balaban J connectivity index is 2.28. The van der Waals surface area contributed by atoms with Crippen LogP contribution in [0.4, 0.5) is 5.82 Å². The van der Waals surface area contributed by atoms with Gasteiger partial charge in [0, 0.05) is 31.4 Å². The van der Waals surface area contributed by atoms with Gasteiger partial charge in [0.15, 0.2) is 0 Å². The Bertz CT molecular complexity index is 436. The Labute approximate surface area is 106 Å². The van der Waals surface area contributed by atoms with Crippen LogP contribution in [-0.2, 0) is 4.79 Å². The minimum Gasteiger partial charge on any atom is -0.480 e. The fourth-order valence-corrected chi connectivity index (χ4v) is 2.03. The average Bonchev–Trinajstić information content (AvgIpc) is 2.39. The van der Waals surface area contributed by atoms with Crippen molar-refractivity contribution < 1.29 is 9.90 Å². The Morgan fingerprint density at radius 2 is 2.33 bits per heavy atom. The number of aromatic nitrogens is 2. The van der Waals surface area contributed by atoms with Gasteiger partial charge in [-0.05, 0) is 5.92 Å². The molecular weight excluding hydrogens is 232 g/mol. The predicted molar refractivity (Wildman–Crippen MR) is 67.8 cm³/mol. The number of aliphatic carboxylic acids is 1. The molecule has 1 unspecified atom stereocenters. The molecule has 0 saturated carbocycles. The topological polar surface area (TPSA) is 78.4 Å². The van der Waals surface area contributed by atoms with E-state index >= 15 is 0 Å². The van der Waals surface area contributed by atoms with E-state index in [-0.39, 0.29) is 0 Å². The summed E-state index contributed by atoms with van der Waals surface area (Å²) in [6, 6.07) is 1.32. The van der Waals surface area contributed by atoms with Gasteiger partial charge in [0.1, 0.15) is 18.2 Å². The highest BCUT2D eigenvalue weighted by Crippen LogP contribution is 2.19. The maximum Gasteiger partial charge on any atom is 0.327 e. The van der Waals surface area contributed by atoms with E-state index in [0.29, 0.717) is 24.8 Å². The minimum atomic E-state index is -0.827. The molecule has 1 aromatic heterocycles. The molecule has 2 rings (SSSR count). The normalized spacial score (nSPS) is 20.2. The summed E-state index contributed by atoms with van der Waals surface area (Å²) < 4.78 is 0. The van der Waals surface area contributed by atoms with E-state index < -0.39 is 12.0 Å². The van der Waals surface area contributed by atoms with Gasteiger partial charge >= 0.3 is 5.97 Å². The van der Waals surface area contributed by atoms with Crippen LogP contribution in [0.3, 0.4) is 0 Å². The fourth-order valence-electron chi connectivity index (χ4n) is 2.03. The second kappa shape index (κ2) is 5.30. The molecule has 0 bridgehead atoms. The first-order valence-electron chi connectivity index (χ1n) is 6.11. The van der Waals surface area contributed by atoms with Gasteiger partial charge in [0.25, 0.3) is 0 Å². The molecule has 0 spiro atoms. The first-order valence-corrected chi connectivity index (χ1v) is 6.11. The lowest BCUT2D eigenvalue weighted by Crippen LogP contribution is -2.55. The molecule has 0 aromatic carbocycles. The first kappa shape index (κ1) is 12.8. The average molecular weight is 250 g/mol. The molecule has 1 fully saturated rings. The molecule has 1 aromatic rings. The molecule has 6 heteroatoms. The number of rotatable bonds is 3. The lowest BCUT2D eigenvalue weighted by atomic mass is 10.1. The van der Waals surface area contributed by atoms with E-state index in [1.807, 2.05) is 11.0 Å². The molecule has 1 aliphatic heterocycles. The SMILES string of the molecule is CC(C)c1cc(N2CCNCC2C(=O)O)ncn1. The van der Waals surface area contributed by atoms with E-state index in [1.54, 1.807) is 0 Å². The summed E-state index contributed by atoms with van der Waals surface area (Å²) >= 11 is 0. The van der Waals surface area contributed by atoms with E-state index in [0.717, 1.165) is 12.2 Å². The standard InChI is InChI=1S/C12H18N4O2/c1-8(2)9-5-11(15-7-14-9)16-4-3-13-6-10(16)12(17)18/h5,7-8,10,13H,3-4,6H2,1-2H3,(H,17,18). The van der Waals surface area contributed by atoms with Crippen molar-refractivity contribution in [3.8, 4) is 0 Å². The van der Waals surface area contributed by atoms with Crippen molar-refractivity contribution >= 4 is 11.8 Å². The first-order chi connectivity index (χ1) is 8.59. The molecule has 2 heterocycles. The Hall–Kier alpha value is -1.69. The second-order valence-corrected chi connectivity index (χ2v) is 4.71. The number of hydrogen-bond donors (Lipinski definition) is 2. The van der Waals surface area contributed by atoms with Crippen LogP contribution in [0.25, 0.3) is 0 Å². The van der Waals surface area contributed by atoms with Crippen LogP contribution in [0, 0.1) is 0 Å². The summed E-state index contributed by atoms with van der Waals surface area (Å²) in [6.45, 7) is 5.96. The van der Waals surface area contributed by atoms with Crippen LogP contribution in [-0.4, -0.2) is 46.7 Å². The molecule has 18 heavy (non-hydrogen) atoms. The molecule has 1 atom stereocenters. The zero-order valence-electron chi connectivity index (χ0n) is 10.6. The predicted octanol–water partition coefficient (Wildman–Crippen LogP) is 0.463. The summed E-state index contributed by atoms with van der Waals surface area (Å²) in [6.07, 6.45) is 1.51. The largest absolute Gasteiger partial charge is 0.480 e. The van der Waals surface area contributed by atoms with Crippen molar-refractivity contribution in [3.05, 3.63) is 18.1 Å². The maximum atomic E-state index is 11.2. The van der Waals surface area contributed by atoms with Gasteiger partial charge in [-0.2, -0.15) is 0 Å². The van der Waals surface area contributed by atoms with Crippen LogP contribution in [0.2, 0.25) is 0 Å². The number of carboxylic acid groups (broad SMARTS) is 1. The van der Waals surface area contributed by atoms with Gasteiger partial charge in [-0.15, -0.1) is 0 Å². The number of carboxylic acids is 1. The third kappa shape index (κ3) is 2.59. The Morgan fingerprint density at radius 1 is 1.56 bits per heavy atom. The van der Waals surface area contributed by atoms with E-state index in [4.69, 9.17) is 0 Å². The van der Waals surface area contributed by atoms with Gasteiger partial charge in [-0.25, -0.2) is 14.8 Å². The highest BCUT2D eigenvalue weighted by molar-refractivity contribution is 5.78. The number of nitrogens with zero attached hydrogens (tertiary/aromatic N) is 3. The molecule has 1 aliphatic rings. The summed E-state index contributed by atoms with van der Waals surface area (Å²) in [7, 11) is 0. The van der Waals surface area contributed by atoms with Gasteiger partial charge < -0.3 is 15.3 Å². The van der Waals surface area contributed by atoms with Crippen LogP contribution >= 0.6 is 0 Å².